The van der Waals surface area contributed by atoms with Gasteiger partial charge < -0.3 is 19.9 Å². The molecule has 20 heavy (non-hydrogen) atoms. The second kappa shape index (κ2) is 8.84. The first-order valence-electron chi connectivity index (χ1n) is 6.56. The highest BCUT2D eigenvalue weighted by molar-refractivity contribution is 5.44. The Morgan fingerprint density at radius 2 is 2.00 bits per heavy atom. The number of hydrogen-bond acceptors (Lipinski definition) is 4. The highest BCUT2D eigenvalue weighted by Crippen LogP contribution is 2.16. The summed E-state index contributed by atoms with van der Waals surface area (Å²) in [6.45, 7) is 4.86. The molecule has 0 saturated carbocycles. The monoisotopic (exact) mass is 289 g/mol. The molecule has 0 aliphatic carbocycles. The highest BCUT2D eigenvalue weighted by Gasteiger charge is 2.09. The van der Waals surface area contributed by atoms with Crippen molar-refractivity contribution in [1.82, 2.24) is 0 Å². The van der Waals surface area contributed by atoms with Gasteiger partial charge in [-0.1, -0.05) is 6.07 Å². The number of nitrogens with one attached hydrogen (secondary N) is 1. The van der Waals surface area contributed by atoms with Gasteiger partial charge in [0.25, 0.3) is 0 Å². The molecule has 0 heterocycles. The summed E-state index contributed by atoms with van der Waals surface area (Å²) in [5.74, 6) is -1.88. The number of aliphatic hydroxyl groups is 1. The molecule has 1 aromatic rings. The van der Waals surface area contributed by atoms with Crippen molar-refractivity contribution in [3.63, 3.8) is 0 Å². The van der Waals surface area contributed by atoms with E-state index in [9.17, 15) is 13.9 Å². The first kappa shape index (κ1) is 16.8. The van der Waals surface area contributed by atoms with Crippen molar-refractivity contribution in [3.05, 3.63) is 29.8 Å². The fourth-order valence-corrected chi connectivity index (χ4v) is 1.49. The lowest BCUT2D eigenvalue weighted by atomic mass is 10.2. The van der Waals surface area contributed by atoms with Gasteiger partial charge in [0.15, 0.2) is 11.6 Å². The van der Waals surface area contributed by atoms with Crippen molar-refractivity contribution in [3.8, 4) is 0 Å². The lowest BCUT2D eigenvalue weighted by Gasteiger charge is -2.14. The van der Waals surface area contributed by atoms with E-state index < -0.39 is 17.7 Å². The van der Waals surface area contributed by atoms with Crippen LogP contribution in [-0.4, -0.2) is 43.7 Å². The Morgan fingerprint density at radius 3 is 2.70 bits per heavy atom. The summed E-state index contributed by atoms with van der Waals surface area (Å²) in [6.07, 6.45) is -0.669. The maximum atomic E-state index is 13.3. The molecule has 0 bridgehead atoms. The minimum absolute atomic E-state index is 0.0205. The summed E-state index contributed by atoms with van der Waals surface area (Å²) in [5.41, 5.74) is 0.0205. The van der Waals surface area contributed by atoms with Crippen LogP contribution in [0.1, 0.15) is 13.8 Å². The number of anilines is 1. The Balaban J connectivity index is 2.19. The molecule has 4 nitrogen and oxygen atoms in total. The fourth-order valence-electron chi connectivity index (χ4n) is 1.49. The predicted octanol–water partition coefficient (Wildman–Crippen LogP) is 2.18. The van der Waals surface area contributed by atoms with Crippen molar-refractivity contribution in [2.75, 3.05) is 31.7 Å². The van der Waals surface area contributed by atoms with Gasteiger partial charge in [-0.3, -0.25) is 0 Å². The summed E-state index contributed by atoms with van der Waals surface area (Å²) in [6, 6.07) is 3.84. The van der Waals surface area contributed by atoms with Gasteiger partial charge in [0.05, 0.1) is 37.7 Å². The molecule has 0 aliphatic rings. The molecular weight excluding hydrogens is 268 g/mol. The Bertz CT molecular complexity index is 402. The molecule has 0 amide bonds. The van der Waals surface area contributed by atoms with Crippen molar-refractivity contribution in [2.45, 2.75) is 26.1 Å². The van der Waals surface area contributed by atoms with Crippen LogP contribution >= 0.6 is 0 Å². The smallest absolute Gasteiger partial charge is 0.181 e. The maximum Gasteiger partial charge on any atom is 0.181 e. The summed E-state index contributed by atoms with van der Waals surface area (Å²) >= 11 is 0. The molecule has 2 N–H and O–H groups in total. The molecule has 6 heteroatoms. The van der Waals surface area contributed by atoms with Gasteiger partial charge in [-0.15, -0.1) is 0 Å². The third-order valence-electron chi connectivity index (χ3n) is 2.47. The molecule has 1 unspecified atom stereocenters. The first-order chi connectivity index (χ1) is 9.50. The van der Waals surface area contributed by atoms with Gasteiger partial charge in [-0.05, 0) is 26.0 Å². The third kappa shape index (κ3) is 6.27. The normalized spacial score (nSPS) is 12.7. The number of rotatable bonds is 9. The van der Waals surface area contributed by atoms with E-state index in [0.29, 0.717) is 13.2 Å². The van der Waals surface area contributed by atoms with Gasteiger partial charge in [0, 0.05) is 6.54 Å². The van der Waals surface area contributed by atoms with Crippen molar-refractivity contribution >= 4 is 5.69 Å². The zero-order valence-corrected chi connectivity index (χ0v) is 11.7. The molecule has 1 aromatic carbocycles. The Kier molecular flexibility index (Phi) is 7.43. The fraction of sp³-hybridized carbons (Fsp3) is 0.571. The molecule has 1 rings (SSSR count). The maximum absolute atomic E-state index is 13.3. The predicted molar refractivity (Wildman–Crippen MR) is 72.8 cm³/mol. The molecule has 114 valence electrons. The van der Waals surface area contributed by atoms with Gasteiger partial charge in [-0.2, -0.15) is 0 Å². The lowest BCUT2D eigenvalue weighted by Crippen LogP contribution is -2.26. The van der Waals surface area contributed by atoms with Gasteiger partial charge in [-0.25, -0.2) is 8.78 Å². The first-order valence-corrected chi connectivity index (χ1v) is 6.56. The summed E-state index contributed by atoms with van der Waals surface area (Å²) in [4.78, 5) is 0. The van der Waals surface area contributed by atoms with Crippen LogP contribution in [0.5, 0.6) is 0 Å². The molecular formula is C14H21F2NO3. The van der Waals surface area contributed by atoms with E-state index in [2.05, 4.69) is 5.32 Å². The summed E-state index contributed by atoms with van der Waals surface area (Å²) < 4.78 is 36.7. The minimum Gasteiger partial charge on any atom is -0.389 e. The lowest BCUT2D eigenvalue weighted by molar-refractivity contribution is -0.00735. The summed E-state index contributed by atoms with van der Waals surface area (Å²) in [5, 5.41) is 12.3. The van der Waals surface area contributed by atoms with Crippen molar-refractivity contribution in [2.24, 2.45) is 0 Å². The zero-order chi connectivity index (χ0) is 15.0. The van der Waals surface area contributed by atoms with Crippen LogP contribution in [0.25, 0.3) is 0 Å². The average Bonchev–Trinajstić information content (AvgIpc) is 2.39. The van der Waals surface area contributed by atoms with Crippen LogP contribution in [0, 0.1) is 11.6 Å². The van der Waals surface area contributed by atoms with Gasteiger partial charge in [0.2, 0.25) is 0 Å². The highest BCUT2D eigenvalue weighted by atomic mass is 19.2. The van der Waals surface area contributed by atoms with E-state index in [4.69, 9.17) is 9.47 Å². The molecule has 0 saturated heterocycles. The summed E-state index contributed by atoms with van der Waals surface area (Å²) in [7, 11) is 0. The van der Waals surface area contributed by atoms with Gasteiger partial charge in [0.1, 0.15) is 0 Å². The average molecular weight is 289 g/mol. The number of hydrogen-bond donors (Lipinski definition) is 2. The third-order valence-corrected chi connectivity index (χ3v) is 2.47. The molecule has 0 aromatic heterocycles. The van der Waals surface area contributed by atoms with Crippen LogP contribution in [0.15, 0.2) is 18.2 Å². The van der Waals surface area contributed by atoms with E-state index in [0.717, 1.165) is 6.07 Å². The van der Waals surface area contributed by atoms with Crippen LogP contribution in [0.2, 0.25) is 0 Å². The molecule has 0 aliphatic heterocycles. The quantitative estimate of drug-likeness (QED) is 0.684. The topological polar surface area (TPSA) is 50.7 Å². The van der Waals surface area contributed by atoms with E-state index in [-0.39, 0.29) is 24.9 Å². The van der Waals surface area contributed by atoms with Crippen molar-refractivity contribution < 1.29 is 23.4 Å². The van der Waals surface area contributed by atoms with E-state index in [1.54, 1.807) is 0 Å². The van der Waals surface area contributed by atoms with Crippen LogP contribution in [-0.2, 0) is 9.47 Å². The minimum atomic E-state index is -0.953. The number of aliphatic hydroxyl groups excluding tert-OH is 1. The number of ether oxygens (including phenoxy) is 2. The molecule has 0 radical (unpaired) electrons. The van der Waals surface area contributed by atoms with E-state index >= 15 is 0 Å². The van der Waals surface area contributed by atoms with Gasteiger partial charge >= 0.3 is 0 Å². The van der Waals surface area contributed by atoms with Crippen LogP contribution in [0.3, 0.4) is 0 Å². The molecule has 1 atom stereocenters. The number of halogens is 2. The Morgan fingerprint density at radius 1 is 1.25 bits per heavy atom. The second-order valence-corrected chi connectivity index (χ2v) is 4.63. The zero-order valence-electron chi connectivity index (χ0n) is 11.7. The Hall–Kier alpha value is -1.24. The SMILES string of the molecule is CC(C)OCCOCC(O)CNc1cccc(F)c1F. The van der Waals surface area contributed by atoms with Crippen molar-refractivity contribution in [1.29, 1.82) is 0 Å². The number of benzene rings is 1. The largest absolute Gasteiger partial charge is 0.389 e. The van der Waals surface area contributed by atoms with Crippen LogP contribution in [0.4, 0.5) is 14.5 Å². The second-order valence-electron chi connectivity index (χ2n) is 4.63. The van der Waals surface area contributed by atoms with Crippen LogP contribution < -0.4 is 5.32 Å². The Labute approximate surface area is 117 Å². The standard InChI is InChI=1S/C14H21F2NO3/c1-10(2)20-7-6-19-9-11(18)8-17-13-5-3-4-12(15)14(13)16/h3-5,10-11,17-18H,6-9H2,1-2H3. The molecule has 0 spiro atoms. The molecule has 0 fully saturated rings. The van der Waals surface area contributed by atoms with E-state index in [1.165, 1.54) is 12.1 Å². The van der Waals surface area contributed by atoms with E-state index in [1.807, 2.05) is 13.8 Å².